The molecular weight excluding hydrogens is 533 g/mol. The van der Waals surface area contributed by atoms with Crippen molar-refractivity contribution in [2.45, 2.75) is 44.4 Å². The second kappa shape index (κ2) is 10.5. The number of carbonyl (C=O) groups excluding carboxylic acids is 1. The van der Waals surface area contributed by atoms with Crippen LogP contribution in [0.15, 0.2) is 59.7 Å². The molecule has 5 rings (SSSR count). The Hall–Kier alpha value is -4.17. The molecule has 0 saturated heterocycles. The zero-order valence-corrected chi connectivity index (χ0v) is 21.2. The summed E-state index contributed by atoms with van der Waals surface area (Å²) in [6.45, 7) is 0.415. The number of fused-ring (bicyclic) bond motifs is 1. The van der Waals surface area contributed by atoms with E-state index in [-0.39, 0.29) is 34.1 Å². The van der Waals surface area contributed by atoms with E-state index in [0.717, 1.165) is 12.3 Å². The molecular formula is C27H22ClF3N6O2. The van der Waals surface area contributed by atoms with Gasteiger partial charge < -0.3 is 5.32 Å². The molecule has 3 heterocycles. The maximum Gasteiger partial charge on any atom is 0.434 e. The summed E-state index contributed by atoms with van der Waals surface area (Å²) < 4.78 is 43.1. The fourth-order valence-electron chi connectivity index (χ4n) is 5.10. The van der Waals surface area contributed by atoms with Gasteiger partial charge >= 0.3 is 11.9 Å². The fourth-order valence-corrected chi connectivity index (χ4v) is 5.26. The Balaban J connectivity index is 1.32. The molecule has 0 unspecified atom stereocenters. The minimum Gasteiger partial charge on any atom is -0.349 e. The van der Waals surface area contributed by atoms with Crippen molar-refractivity contribution in [2.75, 3.05) is 0 Å². The first kappa shape index (κ1) is 26.4. The summed E-state index contributed by atoms with van der Waals surface area (Å²) in [6, 6.07) is 13.3. The van der Waals surface area contributed by atoms with Gasteiger partial charge in [-0.1, -0.05) is 23.7 Å². The van der Waals surface area contributed by atoms with Crippen LogP contribution in [0.5, 0.6) is 0 Å². The van der Waals surface area contributed by atoms with Gasteiger partial charge in [-0.3, -0.25) is 9.36 Å². The fraction of sp³-hybridized carbons (Fsp3) is 0.296. The number of amides is 1. The van der Waals surface area contributed by atoms with Crippen LogP contribution in [0.4, 0.5) is 13.2 Å². The van der Waals surface area contributed by atoms with Crippen LogP contribution in [0, 0.1) is 17.2 Å². The predicted octanol–water partition coefficient (Wildman–Crippen LogP) is 5.11. The van der Waals surface area contributed by atoms with Gasteiger partial charge in [-0.05, 0) is 61.9 Å². The van der Waals surface area contributed by atoms with E-state index in [4.69, 9.17) is 11.6 Å². The average Bonchev–Trinajstić information content (AvgIpc) is 3.19. The molecule has 4 aromatic rings. The first-order valence-electron chi connectivity index (χ1n) is 12.3. The Morgan fingerprint density at radius 2 is 1.82 bits per heavy atom. The molecule has 0 bridgehead atoms. The molecule has 12 heteroatoms. The van der Waals surface area contributed by atoms with Gasteiger partial charge in [0.25, 0.3) is 5.91 Å². The van der Waals surface area contributed by atoms with E-state index in [9.17, 15) is 28.0 Å². The first-order chi connectivity index (χ1) is 18.7. The molecule has 39 heavy (non-hydrogen) atoms. The van der Waals surface area contributed by atoms with Crippen LogP contribution in [-0.4, -0.2) is 31.1 Å². The third kappa shape index (κ3) is 5.25. The van der Waals surface area contributed by atoms with E-state index in [1.54, 1.807) is 22.8 Å². The Labute approximate surface area is 225 Å². The summed E-state index contributed by atoms with van der Waals surface area (Å²) in [5, 5.41) is 12.2. The highest BCUT2D eigenvalue weighted by molar-refractivity contribution is 6.30. The van der Waals surface area contributed by atoms with Crippen molar-refractivity contribution in [1.82, 2.24) is 24.4 Å². The lowest BCUT2D eigenvalue weighted by Crippen LogP contribution is -2.39. The molecule has 1 fully saturated rings. The number of nitrogens with zero attached hydrogens (tertiary/aromatic N) is 5. The highest BCUT2D eigenvalue weighted by Crippen LogP contribution is 2.32. The van der Waals surface area contributed by atoms with Crippen LogP contribution in [0.25, 0.3) is 16.9 Å². The van der Waals surface area contributed by atoms with Crippen LogP contribution in [0.1, 0.15) is 47.3 Å². The molecule has 0 aliphatic heterocycles. The minimum absolute atomic E-state index is 0.0611. The van der Waals surface area contributed by atoms with Crippen molar-refractivity contribution < 1.29 is 18.0 Å². The quantitative estimate of drug-likeness (QED) is 0.369. The van der Waals surface area contributed by atoms with Gasteiger partial charge in [0, 0.05) is 25.0 Å². The number of halogens is 4. The largest absolute Gasteiger partial charge is 0.434 e. The Morgan fingerprint density at radius 3 is 2.51 bits per heavy atom. The zero-order chi connectivity index (χ0) is 27.7. The summed E-state index contributed by atoms with van der Waals surface area (Å²) in [5.74, 6) is -0.503. The van der Waals surface area contributed by atoms with Crippen molar-refractivity contribution in [3.05, 3.63) is 87.2 Å². The number of rotatable bonds is 5. The number of aromatic nitrogens is 4. The summed E-state index contributed by atoms with van der Waals surface area (Å²) >= 11 is 5.80. The molecule has 1 amide bonds. The normalized spacial score (nSPS) is 17.6. The maximum atomic E-state index is 13.5. The van der Waals surface area contributed by atoms with E-state index in [2.05, 4.69) is 21.4 Å². The highest BCUT2D eigenvalue weighted by Gasteiger charge is 2.38. The van der Waals surface area contributed by atoms with Gasteiger partial charge in [0.15, 0.2) is 11.5 Å². The molecule has 0 spiro atoms. The third-order valence-corrected chi connectivity index (χ3v) is 7.15. The Bertz CT molecular complexity index is 1650. The zero-order valence-electron chi connectivity index (χ0n) is 20.5. The van der Waals surface area contributed by atoms with Crippen molar-refractivity contribution in [3.63, 3.8) is 0 Å². The van der Waals surface area contributed by atoms with Gasteiger partial charge in [0.1, 0.15) is 6.07 Å². The molecule has 200 valence electrons. The summed E-state index contributed by atoms with van der Waals surface area (Å²) in [4.78, 5) is 33.8. The predicted molar refractivity (Wildman–Crippen MR) is 138 cm³/mol. The van der Waals surface area contributed by atoms with Crippen LogP contribution in [0.3, 0.4) is 0 Å². The smallest absolute Gasteiger partial charge is 0.349 e. The summed E-state index contributed by atoms with van der Waals surface area (Å²) in [7, 11) is 0. The van der Waals surface area contributed by atoms with Gasteiger partial charge in [0.05, 0.1) is 27.2 Å². The second-order valence-electron chi connectivity index (χ2n) is 9.44. The van der Waals surface area contributed by atoms with Crippen molar-refractivity contribution in [2.24, 2.45) is 5.92 Å². The van der Waals surface area contributed by atoms with Gasteiger partial charge in [-0.15, -0.1) is 0 Å². The number of hydrogen-bond donors (Lipinski definition) is 1. The monoisotopic (exact) mass is 554 g/mol. The lowest BCUT2D eigenvalue weighted by Gasteiger charge is -2.29. The van der Waals surface area contributed by atoms with Crippen LogP contribution < -0.4 is 11.0 Å². The maximum absolute atomic E-state index is 13.5. The van der Waals surface area contributed by atoms with Gasteiger partial charge in [-0.2, -0.15) is 18.4 Å². The lowest BCUT2D eigenvalue weighted by molar-refractivity contribution is -0.141. The standard InChI is InChI=1S/C27H22ClF3N6O2/c28-18-12-20(23(34-14-18)27(29,30)31)25(38)35-19-9-7-16(8-10-19)15-36-21-5-1-2-6-22(21)37(26(36)39)24-17(13-32)4-3-11-33-24/h1-6,11-12,14,16,19H,7-10,15H2,(H,35,38). The summed E-state index contributed by atoms with van der Waals surface area (Å²) in [6.07, 6.45) is -0.00402. The second-order valence-corrected chi connectivity index (χ2v) is 9.88. The Kier molecular flexibility index (Phi) is 7.14. The van der Waals surface area contributed by atoms with Crippen LogP contribution in [-0.2, 0) is 12.7 Å². The molecule has 1 aliphatic carbocycles. The number of para-hydroxylation sites is 2. The van der Waals surface area contributed by atoms with Crippen molar-refractivity contribution in [1.29, 1.82) is 5.26 Å². The molecule has 0 radical (unpaired) electrons. The van der Waals surface area contributed by atoms with Crippen molar-refractivity contribution in [3.8, 4) is 11.9 Å². The molecule has 1 aliphatic rings. The van der Waals surface area contributed by atoms with Gasteiger partial charge in [-0.25, -0.2) is 19.3 Å². The SMILES string of the molecule is N#Cc1cccnc1-n1c(=O)n(CC2CCC(NC(=O)c3cc(Cl)cnc3C(F)(F)F)CC2)c2ccccc21. The topological polar surface area (TPSA) is 106 Å². The molecule has 1 aromatic carbocycles. The van der Waals surface area contributed by atoms with Crippen LogP contribution in [0.2, 0.25) is 5.02 Å². The number of hydrogen-bond acceptors (Lipinski definition) is 5. The minimum atomic E-state index is -4.79. The summed E-state index contributed by atoms with van der Waals surface area (Å²) in [5.41, 5.74) is -0.573. The van der Waals surface area contributed by atoms with E-state index < -0.39 is 23.3 Å². The molecule has 3 aromatic heterocycles. The molecule has 8 nitrogen and oxygen atoms in total. The number of nitrogens with one attached hydrogen (secondary N) is 1. The molecule has 0 atom stereocenters. The van der Waals surface area contributed by atoms with Crippen LogP contribution >= 0.6 is 11.6 Å². The number of benzene rings is 1. The van der Waals surface area contributed by atoms with E-state index >= 15 is 0 Å². The average molecular weight is 555 g/mol. The third-order valence-electron chi connectivity index (χ3n) is 6.94. The number of pyridine rings is 2. The van der Waals surface area contributed by atoms with E-state index in [0.29, 0.717) is 43.3 Å². The van der Waals surface area contributed by atoms with E-state index in [1.165, 1.54) is 10.8 Å². The highest BCUT2D eigenvalue weighted by atomic mass is 35.5. The van der Waals surface area contributed by atoms with Gasteiger partial charge in [0.2, 0.25) is 0 Å². The van der Waals surface area contributed by atoms with E-state index in [1.807, 2.05) is 18.2 Å². The number of carbonyl (C=O) groups is 1. The first-order valence-corrected chi connectivity index (χ1v) is 12.6. The molecule has 1 saturated carbocycles. The molecule has 1 N–H and O–H groups in total. The lowest BCUT2D eigenvalue weighted by atomic mass is 9.85. The Morgan fingerprint density at radius 1 is 1.10 bits per heavy atom. The van der Waals surface area contributed by atoms with Crippen molar-refractivity contribution >= 4 is 28.5 Å². The number of alkyl halides is 3. The number of imidazole rings is 1. The number of nitriles is 1.